The fourth-order valence-electron chi connectivity index (χ4n) is 2.18. The van der Waals surface area contributed by atoms with Gasteiger partial charge in [0.2, 0.25) is 0 Å². The molecule has 2 atom stereocenters. The third-order valence-electron chi connectivity index (χ3n) is 3.00. The van der Waals surface area contributed by atoms with Gasteiger partial charge >= 0.3 is 0 Å². The van der Waals surface area contributed by atoms with Crippen molar-refractivity contribution < 1.29 is 9.84 Å². The van der Waals surface area contributed by atoms with E-state index in [1.54, 1.807) is 0 Å². The Kier molecular flexibility index (Phi) is 2.74. The quantitative estimate of drug-likeness (QED) is 0.870. The second-order valence-corrected chi connectivity index (χ2v) is 4.87. The van der Waals surface area contributed by atoms with Crippen LogP contribution in [0.3, 0.4) is 0 Å². The van der Waals surface area contributed by atoms with E-state index in [-0.39, 0.29) is 6.10 Å². The van der Waals surface area contributed by atoms with Crippen molar-refractivity contribution >= 4 is 15.9 Å². The molecule has 0 saturated heterocycles. The van der Waals surface area contributed by atoms with Gasteiger partial charge in [0.05, 0.1) is 0 Å². The third-order valence-corrected chi connectivity index (χ3v) is 3.72. The van der Waals surface area contributed by atoms with Crippen LogP contribution in [0.5, 0.6) is 0 Å². The molecule has 2 nitrogen and oxygen atoms in total. The summed E-state index contributed by atoms with van der Waals surface area (Å²) in [4.78, 5) is 0. The Hall–Kier alpha value is -1.16. The predicted octanol–water partition coefficient (Wildman–Crippen LogP) is 3.56. The smallest absolute Gasteiger partial charge is 0.182 e. The molecule has 0 aromatic heterocycles. The number of fused-ring (bicyclic) bond motifs is 1. The Balaban J connectivity index is 2.11. The number of aliphatic hydroxyl groups excluding tert-OH is 1. The molecule has 86 valence electrons. The molecular formula is C14H11BrO2. The molecule has 1 aliphatic heterocycles. The summed E-state index contributed by atoms with van der Waals surface area (Å²) in [5, 5.41) is 9.87. The number of hydrogen-bond donors (Lipinski definition) is 1. The number of benzene rings is 2. The van der Waals surface area contributed by atoms with Crippen LogP contribution in [0.1, 0.15) is 29.1 Å². The molecule has 0 saturated carbocycles. The summed E-state index contributed by atoms with van der Waals surface area (Å²) in [6, 6.07) is 15.7. The predicted molar refractivity (Wildman–Crippen MR) is 68.5 cm³/mol. The van der Waals surface area contributed by atoms with Crippen molar-refractivity contribution in [2.24, 2.45) is 0 Å². The third kappa shape index (κ3) is 1.80. The molecule has 3 heteroatoms. The fraction of sp³-hybridized carbons (Fsp3) is 0.143. The highest BCUT2D eigenvalue weighted by molar-refractivity contribution is 9.10. The Morgan fingerprint density at radius 1 is 0.882 bits per heavy atom. The molecule has 2 aromatic carbocycles. The van der Waals surface area contributed by atoms with Crippen LogP contribution < -0.4 is 0 Å². The van der Waals surface area contributed by atoms with Crippen LogP contribution in [0.2, 0.25) is 0 Å². The van der Waals surface area contributed by atoms with E-state index in [4.69, 9.17) is 4.74 Å². The van der Waals surface area contributed by atoms with Crippen LogP contribution in [-0.2, 0) is 4.74 Å². The minimum atomic E-state index is -0.830. The Morgan fingerprint density at radius 3 is 2.18 bits per heavy atom. The first-order valence-electron chi connectivity index (χ1n) is 5.44. The van der Waals surface area contributed by atoms with Gasteiger partial charge in [-0.1, -0.05) is 58.4 Å². The van der Waals surface area contributed by atoms with Crippen molar-refractivity contribution in [3.05, 3.63) is 69.7 Å². The van der Waals surface area contributed by atoms with Crippen molar-refractivity contribution in [2.45, 2.75) is 12.4 Å². The maximum atomic E-state index is 9.87. The molecule has 1 N–H and O–H groups in total. The van der Waals surface area contributed by atoms with Crippen molar-refractivity contribution in [2.75, 3.05) is 0 Å². The van der Waals surface area contributed by atoms with Crippen molar-refractivity contribution in [1.82, 2.24) is 0 Å². The second kappa shape index (κ2) is 4.26. The zero-order valence-electron chi connectivity index (χ0n) is 9.01. The van der Waals surface area contributed by atoms with Crippen LogP contribution in [0.15, 0.2) is 53.0 Å². The summed E-state index contributed by atoms with van der Waals surface area (Å²) < 4.78 is 6.62. The maximum Gasteiger partial charge on any atom is 0.182 e. The van der Waals surface area contributed by atoms with Gasteiger partial charge in [0, 0.05) is 10.0 Å². The zero-order valence-corrected chi connectivity index (χ0v) is 10.6. The lowest BCUT2D eigenvalue weighted by atomic mass is 9.99. The van der Waals surface area contributed by atoms with E-state index in [1.807, 2.05) is 48.5 Å². The molecule has 0 radical (unpaired) electrons. The van der Waals surface area contributed by atoms with E-state index in [0.29, 0.717) is 0 Å². The van der Waals surface area contributed by atoms with Crippen molar-refractivity contribution in [3.8, 4) is 0 Å². The topological polar surface area (TPSA) is 29.5 Å². The first-order valence-corrected chi connectivity index (χ1v) is 6.23. The molecule has 1 aliphatic rings. The largest absolute Gasteiger partial charge is 0.364 e. The molecule has 1 heterocycles. The lowest BCUT2D eigenvalue weighted by Crippen LogP contribution is -2.00. The van der Waals surface area contributed by atoms with Crippen LogP contribution in [0, 0.1) is 0 Å². The summed E-state index contributed by atoms with van der Waals surface area (Å²) in [5.41, 5.74) is 2.93. The van der Waals surface area contributed by atoms with Gasteiger partial charge in [-0.3, -0.25) is 0 Å². The van der Waals surface area contributed by atoms with Gasteiger partial charge in [0.25, 0.3) is 0 Å². The molecule has 17 heavy (non-hydrogen) atoms. The van der Waals surface area contributed by atoms with Crippen LogP contribution in [0.4, 0.5) is 0 Å². The summed E-state index contributed by atoms with van der Waals surface area (Å²) in [6.45, 7) is 0. The van der Waals surface area contributed by atoms with Crippen molar-refractivity contribution in [1.29, 1.82) is 0 Å². The van der Waals surface area contributed by atoms with E-state index >= 15 is 0 Å². The molecule has 0 spiro atoms. The number of rotatable bonds is 1. The molecular weight excluding hydrogens is 280 g/mol. The van der Waals surface area contributed by atoms with Gasteiger partial charge in [-0.15, -0.1) is 0 Å². The normalized spacial score (nSPS) is 22.5. The lowest BCUT2D eigenvalue weighted by Gasteiger charge is -2.13. The maximum absolute atomic E-state index is 9.87. The highest BCUT2D eigenvalue weighted by Crippen LogP contribution is 2.43. The Morgan fingerprint density at radius 2 is 1.47 bits per heavy atom. The fourth-order valence-corrected chi connectivity index (χ4v) is 2.67. The van der Waals surface area contributed by atoms with Gasteiger partial charge in [0.15, 0.2) is 6.29 Å². The van der Waals surface area contributed by atoms with Gasteiger partial charge in [-0.2, -0.15) is 0 Å². The summed E-state index contributed by atoms with van der Waals surface area (Å²) in [7, 11) is 0. The zero-order chi connectivity index (χ0) is 11.8. The van der Waals surface area contributed by atoms with Crippen LogP contribution >= 0.6 is 15.9 Å². The monoisotopic (exact) mass is 290 g/mol. The van der Waals surface area contributed by atoms with Crippen LogP contribution in [0.25, 0.3) is 0 Å². The minimum absolute atomic E-state index is 0.197. The average Bonchev–Trinajstić information content (AvgIpc) is 2.68. The van der Waals surface area contributed by atoms with Gasteiger partial charge < -0.3 is 9.84 Å². The molecule has 0 amide bonds. The summed E-state index contributed by atoms with van der Waals surface area (Å²) >= 11 is 3.52. The highest BCUT2D eigenvalue weighted by Gasteiger charge is 2.31. The van der Waals surface area contributed by atoms with E-state index in [2.05, 4.69) is 15.9 Å². The van der Waals surface area contributed by atoms with E-state index < -0.39 is 6.29 Å². The number of aliphatic hydroxyl groups is 1. The summed E-state index contributed by atoms with van der Waals surface area (Å²) in [6.07, 6.45) is -1.03. The highest BCUT2D eigenvalue weighted by atomic mass is 79.9. The first kappa shape index (κ1) is 11.0. The summed E-state index contributed by atoms with van der Waals surface area (Å²) in [5.74, 6) is 0. The number of hydrogen-bond acceptors (Lipinski definition) is 2. The first-order chi connectivity index (χ1) is 8.27. The Labute approximate surface area is 108 Å². The van der Waals surface area contributed by atoms with Gasteiger partial charge in [-0.05, 0) is 17.2 Å². The second-order valence-electron chi connectivity index (χ2n) is 4.02. The van der Waals surface area contributed by atoms with E-state index in [1.165, 1.54) is 0 Å². The molecule has 3 rings (SSSR count). The van der Waals surface area contributed by atoms with Crippen molar-refractivity contribution in [3.63, 3.8) is 0 Å². The SMILES string of the molecule is OC1O[C@@H](c2ccccc2Br)c2ccccc21. The molecule has 1 unspecified atom stereocenters. The average molecular weight is 291 g/mol. The number of ether oxygens (including phenoxy) is 1. The standard InChI is InChI=1S/C14H11BrO2/c15-12-8-4-3-7-11(12)13-9-5-1-2-6-10(9)14(16)17-13/h1-8,13-14,16H/t13-,14?/m1/s1. The van der Waals surface area contributed by atoms with Gasteiger partial charge in [0.1, 0.15) is 6.10 Å². The number of halogens is 1. The molecule has 0 fully saturated rings. The minimum Gasteiger partial charge on any atom is -0.364 e. The molecule has 2 aromatic rings. The van der Waals surface area contributed by atoms with E-state index in [0.717, 1.165) is 21.2 Å². The van der Waals surface area contributed by atoms with Gasteiger partial charge in [-0.25, -0.2) is 0 Å². The molecule has 0 bridgehead atoms. The Bertz CT molecular complexity index is 553. The van der Waals surface area contributed by atoms with E-state index in [9.17, 15) is 5.11 Å². The van der Waals surface area contributed by atoms with Crippen LogP contribution in [-0.4, -0.2) is 5.11 Å². The molecule has 0 aliphatic carbocycles. The lowest BCUT2D eigenvalue weighted by molar-refractivity contribution is -0.109.